The van der Waals surface area contributed by atoms with Gasteiger partial charge in [-0.3, -0.25) is 19.7 Å². The summed E-state index contributed by atoms with van der Waals surface area (Å²) in [6.45, 7) is 0.303. The monoisotopic (exact) mass is 425 g/mol. The zero-order valence-corrected chi connectivity index (χ0v) is 15.8. The van der Waals surface area contributed by atoms with Gasteiger partial charge in [0.2, 0.25) is 0 Å². The van der Waals surface area contributed by atoms with Crippen molar-refractivity contribution in [3.8, 4) is 0 Å². The maximum absolute atomic E-state index is 13.0. The number of rotatable bonds is 4. The molecule has 0 fully saturated rings. The first-order chi connectivity index (χ1) is 12.7. The molecule has 6 nitrogen and oxygen atoms in total. The van der Waals surface area contributed by atoms with Gasteiger partial charge in [0, 0.05) is 23.1 Å². The topological polar surface area (TPSA) is 71.9 Å². The fourth-order valence-corrected chi connectivity index (χ4v) is 3.94. The Kier molecular flexibility index (Phi) is 4.68. The molecular weight excluding hydrogens is 414 g/mol. The van der Waals surface area contributed by atoms with Crippen molar-refractivity contribution in [3.63, 3.8) is 0 Å². The number of pyridine rings is 1. The van der Waals surface area contributed by atoms with Gasteiger partial charge in [0.1, 0.15) is 5.69 Å². The maximum atomic E-state index is 13.0. The van der Waals surface area contributed by atoms with Gasteiger partial charge in [-0.25, -0.2) is 9.97 Å². The summed E-state index contributed by atoms with van der Waals surface area (Å²) in [6.07, 6.45) is 6.20. The summed E-state index contributed by atoms with van der Waals surface area (Å²) < 4.78 is 1.96. The number of fused-ring (bicyclic) bond motifs is 1. The van der Waals surface area contributed by atoms with Gasteiger partial charge in [-0.1, -0.05) is 33.3 Å². The van der Waals surface area contributed by atoms with Crippen molar-refractivity contribution in [1.29, 1.82) is 0 Å². The summed E-state index contributed by atoms with van der Waals surface area (Å²) in [6, 6.07) is 11.4. The number of amides is 1. The van der Waals surface area contributed by atoms with Crippen molar-refractivity contribution in [1.82, 2.24) is 19.9 Å². The molecule has 4 rings (SSSR count). The van der Waals surface area contributed by atoms with E-state index in [1.54, 1.807) is 11.1 Å². The molecule has 8 heteroatoms. The second-order valence-corrected chi connectivity index (χ2v) is 7.34. The Morgan fingerprint density at radius 1 is 1.12 bits per heavy atom. The van der Waals surface area contributed by atoms with Crippen LogP contribution >= 0.6 is 27.3 Å². The predicted molar refractivity (Wildman–Crippen MR) is 104 cm³/mol. The van der Waals surface area contributed by atoms with E-state index in [2.05, 4.69) is 35.9 Å². The number of hydrogen-bond donors (Lipinski definition) is 0. The van der Waals surface area contributed by atoms with E-state index >= 15 is 0 Å². The summed E-state index contributed by atoms with van der Waals surface area (Å²) in [5, 5.41) is 0.597. The molecule has 0 bridgehead atoms. The molecule has 0 aliphatic carbocycles. The molecule has 4 aromatic rings. The first-order valence-corrected chi connectivity index (χ1v) is 9.35. The third-order valence-corrected chi connectivity index (χ3v) is 5.18. The second kappa shape index (κ2) is 7.27. The van der Waals surface area contributed by atoms with E-state index in [0.29, 0.717) is 11.7 Å². The van der Waals surface area contributed by atoms with Gasteiger partial charge in [0.05, 0.1) is 28.7 Å². The molecule has 3 aromatic heterocycles. The number of carbonyl (C=O) groups excluding carboxylic acids is 1. The highest BCUT2D eigenvalue weighted by atomic mass is 79.9. The van der Waals surface area contributed by atoms with Crippen LogP contribution in [0.2, 0.25) is 0 Å². The molecule has 0 atom stereocenters. The summed E-state index contributed by atoms with van der Waals surface area (Å²) in [5.41, 5.74) is 1.88. The van der Waals surface area contributed by atoms with Gasteiger partial charge in [-0.15, -0.1) is 0 Å². The third kappa shape index (κ3) is 3.47. The van der Waals surface area contributed by atoms with Crippen molar-refractivity contribution < 1.29 is 4.79 Å². The number of benzene rings is 1. The second-order valence-electron chi connectivity index (χ2n) is 5.41. The average Bonchev–Trinajstić information content (AvgIpc) is 3.10. The van der Waals surface area contributed by atoms with Crippen LogP contribution in [0.1, 0.15) is 16.2 Å². The average molecular weight is 426 g/mol. The quantitative estimate of drug-likeness (QED) is 0.492. The Bertz CT molecular complexity index is 1060. The Labute approximate surface area is 161 Å². The van der Waals surface area contributed by atoms with E-state index in [1.807, 2.05) is 36.4 Å². The summed E-state index contributed by atoms with van der Waals surface area (Å²) in [4.78, 5) is 31.7. The van der Waals surface area contributed by atoms with Gasteiger partial charge in [0.15, 0.2) is 5.13 Å². The molecule has 0 N–H and O–H groups in total. The molecular formula is C18H12BrN5OS. The van der Waals surface area contributed by atoms with Gasteiger partial charge in [-0.2, -0.15) is 0 Å². The highest BCUT2D eigenvalue weighted by Gasteiger charge is 2.23. The Hall–Kier alpha value is -2.71. The minimum atomic E-state index is -0.262. The SMILES string of the molecule is O=C(c1cnccn1)N(Cc1ccccn1)c1nc2ccc(Br)cc2s1. The number of carbonyl (C=O) groups is 1. The van der Waals surface area contributed by atoms with Crippen molar-refractivity contribution >= 4 is 48.5 Å². The van der Waals surface area contributed by atoms with Crippen LogP contribution < -0.4 is 4.90 Å². The molecule has 1 aromatic carbocycles. The Balaban J connectivity index is 1.77. The predicted octanol–water partition coefficient (Wildman–Crippen LogP) is 4.09. The van der Waals surface area contributed by atoms with Crippen molar-refractivity contribution in [2.75, 3.05) is 4.90 Å². The van der Waals surface area contributed by atoms with Crippen LogP contribution in [0.3, 0.4) is 0 Å². The van der Waals surface area contributed by atoms with Crippen LogP contribution in [-0.2, 0) is 6.54 Å². The van der Waals surface area contributed by atoms with Crippen molar-refractivity contribution in [3.05, 3.63) is 77.0 Å². The fraction of sp³-hybridized carbons (Fsp3) is 0.0556. The van der Waals surface area contributed by atoms with Crippen LogP contribution in [0.15, 0.2) is 65.7 Å². The fourth-order valence-electron chi connectivity index (χ4n) is 2.43. The van der Waals surface area contributed by atoms with Gasteiger partial charge >= 0.3 is 0 Å². The Morgan fingerprint density at radius 2 is 2.04 bits per heavy atom. The molecule has 0 saturated heterocycles. The zero-order valence-electron chi connectivity index (χ0n) is 13.4. The number of thiazole rings is 1. The van der Waals surface area contributed by atoms with Crippen LogP contribution in [0, 0.1) is 0 Å². The van der Waals surface area contributed by atoms with Gasteiger partial charge < -0.3 is 0 Å². The molecule has 0 saturated carbocycles. The van der Waals surface area contributed by atoms with Crippen LogP contribution in [0.25, 0.3) is 10.2 Å². The molecule has 0 aliphatic rings. The third-order valence-electron chi connectivity index (χ3n) is 3.64. The molecule has 0 spiro atoms. The number of aromatic nitrogens is 4. The Morgan fingerprint density at radius 3 is 2.81 bits per heavy atom. The first-order valence-electron chi connectivity index (χ1n) is 7.74. The van der Waals surface area contributed by atoms with E-state index < -0.39 is 0 Å². The summed E-state index contributed by atoms with van der Waals surface area (Å²) >= 11 is 4.92. The van der Waals surface area contributed by atoms with E-state index in [-0.39, 0.29) is 11.6 Å². The summed E-state index contributed by atoms with van der Waals surface area (Å²) in [7, 11) is 0. The first kappa shape index (κ1) is 16.7. The molecule has 0 radical (unpaired) electrons. The number of anilines is 1. The number of nitrogens with zero attached hydrogens (tertiary/aromatic N) is 5. The van der Waals surface area contributed by atoms with Crippen molar-refractivity contribution in [2.45, 2.75) is 6.54 Å². The molecule has 0 unspecified atom stereocenters. The number of hydrogen-bond acceptors (Lipinski definition) is 6. The minimum Gasteiger partial charge on any atom is -0.276 e. The van der Waals surface area contributed by atoms with Crippen LogP contribution in [0.4, 0.5) is 5.13 Å². The van der Waals surface area contributed by atoms with E-state index in [1.165, 1.54) is 29.9 Å². The number of halogens is 1. The molecule has 1 amide bonds. The molecule has 128 valence electrons. The van der Waals surface area contributed by atoms with Crippen LogP contribution in [-0.4, -0.2) is 25.8 Å². The lowest BCUT2D eigenvalue weighted by atomic mass is 10.3. The highest BCUT2D eigenvalue weighted by Crippen LogP contribution is 2.32. The van der Waals surface area contributed by atoms with Crippen molar-refractivity contribution in [2.24, 2.45) is 0 Å². The lowest BCUT2D eigenvalue weighted by Crippen LogP contribution is -2.31. The normalized spacial score (nSPS) is 10.8. The van der Waals surface area contributed by atoms with E-state index in [4.69, 9.17) is 0 Å². The van der Waals surface area contributed by atoms with Crippen LogP contribution in [0.5, 0.6) is 0 Å². The smallest absolute Gasteiger partial charge is 0.276 e. The lowest BCUT2D eigenvalue weighted by Gasteiger charge is -2.18. The largest absolute Gasteiger partial charge is 0.280 e. The maximum Gasteiger partial charge on any atom is 0.280 e. The van der Waals surface area contributed by atoms with E-state index in [9.17, 15) is 4.79 Å². The lowest BCUT2D eigenvalue weighted by molar-refractivity contribution is 0.0979. The minimum absolute atomic E-state index is 0.262. The molecule has 0 aliphatic heterocycles. The highest BCUT2D eigenvalue weighted by molar-refractivity contribution is 9.10. The van der Waals surface area contributed by atoms with Gasteiger partial charge in [-0.05, 0) is 30.3 Å². The zero-order chi connectivity index (χ0) is 17.9. The van der Waals surface area contributed by atoms with E-state index in [0.717, 1.165) is 20.4 Å². The van der Waals surface area contributed by atoms with Gasteiger partial charge in [0.25, 0.3) is 5.91 Å². The summed E-state index contributed by atoms with van der Waals surface area (Å²) in [5.74, 6) is -0.262. The molecule has 26 heavy (non-hydrogen) atoms. The standard InChI is InChI=1S/C18H12BrN5OS/c19-12-4-5-14-16(9-12)26-18(23-14)24(11-13-3-1-2-6-21-13)17(25)15-10-20-7-8-22-15/h1-10H,11H2. The molecule has 3 heterocycles.